The Bertz CT molecular complexity index is 198. The van der Waals surface area contributed by atoms with Crippen molar-refractivity contribution in [3.63, 3.8) is 0 Å². The van der Waals surface area contributed by atoms with Gasteiger partial charge in [0.1, 0.15) is 0 Å². The first kappa shape index (κ1) is 15.1. The summed E-state index contributed by atoms with van der Waals surface area (Å²) in [6, 6.07) is 0. The number of hydrogen-bond acceptors (Lipinski definition) is 2. The Morgan fingerprint density at radius 3 is 2.14 bits per heavy atom. The van der Waals surface area contributed by atoms with Crippen molar-refractivity contribution in [2.75, 3.05) is 6.54 Å². The van der Waals surface area contributed by atoms with Crippen LogP contribution in [-0.4, -0.2) is 69.0 Å². The Kier molecular flexibility index (Phi) is 6.42. The predicted molar refractivity (Wildman–Crippen MR) is 58.5 cm³/mol. The molecule has 1 saturated carbocycles. The van der Waals surface area contributed by atoms with Gasteiger partial charge < -0.3 is 10.8 Å². The summed E-state index contributed by atoms with van der Waals surface area (Å²) in [4.78, 5) is 10.7. The second-order valence-corrected chi connectivity index (χ2v) is 4.64. The minimum atomic E-state index is -0.716. The first-order valence-electron chi connectivity index (χ1n) is 4.91. The summed E-state index contributed by atoms with van der Waals surface area (Å²) < 4.78 is 0. The van der Waals surface area contributed by atoms with Crippen molar-refractivity contribution in [3.05, 3.63) is 0 Å². The Morgan fingerprint density at radius 1 is 1.43 bits per heavy atom. The third-order valence-corrected chi connectivity index (χ3v) is 3.44. The van der Waals surface area contributed by atoms with Crippen LogP contribution in [0.1, 0.15) is 33.1 Å². The zero-order valence-corrected chi connectivity index (χ0v) is 8.42. The Balaban J connectivity index is 0.00000169. The first-order chi connectivity index (χ1) is 5.99. The number of nitrogens with two attached hydrogens (primary N) is 1. The molecule has 0 heterocycles. The van der Waals surface area contributed by atoms with Gasteiger partial charge in [0.2, 0.25) is 0 Å². The van der Waals surface area contributed by atoms with Crippen LogP contribution in [0.4, 0.5) is 0 Å². The van der Waals surface area contributed by atoms with Gasteiger partial charge in [0, 0.05) is 0 Å². The zero-order valence-electron chi connectivity index (χ0n) is 8.42. The van der Waals surface area contributed by atoms with Gasteiger partial charge in [-0.25, -0.2) is 0 Å². The van der Waals surface area contributed by atoms with Crippen LogP contribution in [-0.2, 0) is 4.79 Å². The normalized spacial score (nSPS) is 36.5. The van der Waals surface area contributed by atoms with Gasteiger partial charge in [-0.3, -0.25) is 4.79 Å². The molecule has 0 aliphatic heterocycles. The third-order valence-electron chi connectivity index (χ3n) is 3.44. The van der Waals surface area contributed by atoms with Crippen molar-refractivity contribution < 1.29 is 9.90 Å². The number of hydrogen-bond donors (Lipinski definition) is 2. The Labute approximate surface area is 128 Å². The quantitative estimate of drug-likeness (QED) is 0.699. The first-order valence-corrected chi connectivity index (χ1v) is 4.91. The van der Waals surface area contributed by atoms with Crippen molar-refractivity contribution in [1.82, 2.24) is 0 Å². The van der Waals surface area contributed by atoms with Gasteiger partial charge in [-0.05, 0) is 36.6 Å². The molecule has 1 fully saturated rings. The van der Waals surface area contributed by atoms with E-state index in [-0.39, 0.29) is 63.2 Å². The molecule has 0 aromatic carbocycles. The van der Waals surface area contributed by atoms with Gasteiger partial charge in [0.25, 0.3) is 0 Å². The molecule has 0 bridgehead atoms. The number of carbonyl (C=O) groups is 1. The van der Waals surface area contributed by atoms with Crippen LogP contribution in [0.15, 0.2) is 0 Å². The zero-order chi connectivity index (χ0) is 10.1. The fourth-order valence-corrected chi connectivity index (χ4v) is 2.56. The molecule has 78 valence electrons. The van der Waals surface area contributed by atoms with Crippen LogP contribution in [0.3, 0.4) is 0 Å². The van der Waals surface area contributed by atoms with Gasteiger partial charge in [-0.2, -0.15) is 0 Å². The van der Waals surface area contributed by atoms with Crippen LogP contribution in [0.25, 0.3) is 0 Å². The molecule has 0 radical (unpaired) electrons. The Hall–Kier alpha value is 1.07. The molecular weight excluding hydrogens is 205 g/mol. The molecular formula is C10H20KNO2. The average Bonchev–Trinajstić information content (AvgIpc) is 2.27. The molecule has 1 aliphatic carbocycles. The fraction of sp³-hybridized carbons (Fsp3) is 0.900. The van der Waals surface area contributed by atoms with Crippen LogP contribution < -0.4 is 5.73 Å². The molecule has 1 rings (SSSR count). The van der Waals surface area contributed by atoms with E-state index in [1.54, 1.807) is 0 Å². The van der Waals surface area contributed by atoms with E-state index >= 15 is 0 Å². The van der Waals surface area contributed by atoms with Crippen LogP contribution in [0, 0.1) is 17.3 Å². The van der Waals surface area contributed by atoms with E-state index in [0.717, 1.165) is 12.8 Å². The molecule has 4 heteroatoms. The summed E-state index contributed by atoms with van der Waals surface area (Å²) in [6.45, 7) is 4.88. The summed E-state index contributed by atoms with van der Waals surface area (Å²) >= 11 is 0. The van der Waals surface area contributed by atoms with Crippen LogP contribution in [0.5, 0.6) is 0 Å². The molecule has 0 spiro atoms. The third kappa shape index (κ3) is 3.58. The van der Waals surface area contributed by atoms with Crippen LogP contribution in [0.2, 0.25) is 0 Å². The van der Waals surface area contributed by atoms with Gasteiger partial charge in [0.05, 0.1) is 6.42 Å². The molecule has 0 amide bonds. The molecule has 0 saturated heterocycles. The summed E-state index contributed by atoms with van der Waals surface area (Å²) in [5, 5.41) is 8.79. The van der Waals surface area contributed by atoms with E-state index in [0.29, 0.717) is 18.4 Å². The number of rotatable bonds is 3. The Morgan fingerprint density at radius 2 is 1.86 bits per heavy atom. The number of carboxylic acid groups (broad SMARTS) is 1. The summed E-state index contributed by atoms with van der Waals surface area (Å²) in [5.74, 6) is 0.512. The molecule has 3 N–H and O–H groups in total. The van der Waals surface area contributed by atoms with E-state index < -0.39 is 5.97 Å². The predicted octanol–water partition coefficient (Wildman–Crippen LogP) is 0.824. The molecule has 2 atom stereocenters. The fourth-order valence-electron chi connectivity index (χ4n) is 2.56. The van der Waals surface area contributed by atoms with E-state index in [1.165, 1.54) is 0 Å². The average molecular weight is 225 g/mol. The summed E-state index contributed by atoms with van der Waals surface area (Å²) in [7, 11) is 0. The second kappa shape index (κ2) is 5.96. The summed E-state index contributed by atoms with van der Waals surface area (Å²) in [6.07, 6.45) is 2.17. The molecule has 0 aromatic rings. The van der Waals surface area contributed by atoms with Crippen LogP contribution >= 0.6 is 0 Å². The second-order valence-electron chi connectivity index (χ2n) is 4.64. The maximum atomic E-state index is 10.7. The van der Waals surface area contributed by atoms with E-state index in [2.05, 4.69) is 13.8 Å². The molecule has 0 aromatic heterocycles. The molecule has 2 unspecified atom stereocenters. The number of carboxylic acids is 1. The molecule has 3 nitrogen and oxygen atoms in total. The monoisotopic (exact) mass is 225 g/mol. The SMILES string of the molecule is CC1CC(CN)(CC(=O)O)CC1C.[KH]. The molecule has 1 aliphatic rings. The van der Waals surface area contributed by atoms with Crippen molar-refractivity contribution in [1.29, 1.82) is 0 Å². The van der Waals surface area contributed by atoms with E-state index in [9.17, 15) is 4.79 Å². The molecule has 14 heavy (non-hydrogen) atoms. The van der Waals surface area contributed by atoms with Crippen molar-refractivity contribution in [2.45, 2.75) is 33.1 Å². The van der Waals surface area contributed by atoms with Crippen molar-refractivity contribution in [3.8, 4) is 0 Å². The van der Waals surface area contributed by atoms with Gasteiger partial charge >= 0.3 is 57.4 Å². The topological polar surface area (TPSA) is 63.3 Å². The minimum absolute atomic E-state index is 0. The summed E-state index contributed by atoms with van der Waals surface area (Å²) in [5.41, 5.74) is 5.56. The van der Waals surface area contributed by atoms with E-state index in [1.807, 2.05) is 0 Å². The van der Waals surface area contributed by atoms with Gasteiger partial charge in [-0.1, -0.05) is 13.8 Å². The maximum absolute atomic E-state index is 10.7. The van der Waals surface area contributed by atoms with E-state index in [4.69, 9.17) is 10.8 Å². The number of aliphatic carboxylic acids is 1. The van der Waals surface area contributed by atoms with Gasteiger partial charge in [-0.15, -0.1) is 0 Å². The van der Waals surface area contributed by atoms with Gasteiger partial charge in [0.15, 0.2) is 0 Å². The standard InChI is InChI=1S/C10H19NO2.K.H/c1-7-3-10(6-11,4-8(7)2)5-9(12)13;;/h7-8H,3-6,11H2,1-2H3,(H,12,13);;. The van der Waals surface area contributed by atoms with Crippen molar-refractivity contribution in [2.24, 2.45) is 23.0 Å². The van der Waals surface area contributed by atoms with Crippen molar-refractivity contribution >= 4 is 57.4 Å².